The number of nitrogens with zero attached hydrogens (tertiary/aromatic N) is 2. The highest BCUT2D eigenvalue weighted by Crippen LogP contribution is 2.24. The Kier molecular flexibility index (Phi) is 30.8. The van der Waals surface area contributed by atoms with Gasteiger partial charge in [0.25, 0.3) is 0 Å². The highest BCUT2D eigenvalue weighted by molar-refractivity contribution is 6.00. The summed E-state index contributed by atoms with van der Waals surface area (Å²) in [4.78, 5) is 201. The van der Waals surface area contributed by atoms with Crippen molar-refractivity contribution in [2.75, 3.05) is 26.2 Å². The molecule has 0 bridgehead atoms. The molecule has 0 aromatic carbocycles. The summed E-state index contributed by atoms with van der Waals surface area (Å²) < 4.78 is 0. The van der Waals surface area contributed by atoms with Crippen LogP contribution in [-0.2, 0) is 71.9 Å². The molecule has 0 aliphatic carbocycles. The molecule has 16 N–H and O–H groups in total. The van der Waals surface area contributed by atoms with Crippen molar-refractivity contribution in [2.45, 2.75) is 224 Å². The Labute approximate surface area is 516 Å². The van der Waals surface area contributed by atoms with Gasteiger partial charge in [0.05, 0.1) is 12.5 Å². The first-order valence-electron chi connectivity index (χ1n) is 30.4. The van der Waals surface area contributed by atoms with Crippen molar-refractivity contribution in [3.63, 3.8) is 0 Å². The molecule has 3 rings (SSSR count). The third-order valence-corrected chi connectivity index (χ3v) is 15.5. The molecule has 0 aromatic heterocycles. The molecule has 3 fully saturated rings. The molecule has 0 radical (unpaired) electrons. The fourth-order valence-corrected chi connectivity index (χ4v) is 10.5. The number of carboxylic acids is 4. The third kappa shape index (κ3) is 24.1. The maximum atomic E-state index is 14.6. The van der Waals surface area contributed by atoms with Gasteiger partial charge in [-0.1, -0.05) is 41.5 Å². The van der Waals surface area contributed by atoms with E-state index >= 15 is 0 Å². The normalized spacial score (nSPS) is 19.4. The lowest BCUT2D eigenvalue weighted by Crippen LogP contribution is -2.61. The minimum atomic E-state index is -1.94. The van der Waals surface area contributed by atoms with Crippen molar-refractivity contribution in [3.05, 3.63) is 0 Å². The van der Waals surface area contributed by atoms with Crippen molar-refractivity contribution < 1.29 is 92.3 Å². The standard InChI is InChI=1S/C57H93N13O19/c1-28(2)26-37(51(82)67-44(29(3)4)54(85)63-34(14-9-10-22-58)49(80)62-35(18-20-41(71)72)50(81)66-38(57(88)89)27-43(75)76)65-52(83)39-16-13-25-70(39)56(87)45(30(5)6)68-53(84)40-17-12-24-69(40)55(86)36(19-21-42(73)74)64-47(78)32(8)60-46(77)31(7)61-48(79)33-15-11-23-59-33/h28-40,44-45,59H,9-27,58H2,1-8H3,(H,60,77)(H,61,79)(H,62,80)(H,63,85)(H,64,78)(H,65,83)(H,66,81)(H,67,82)(H,68,84)(H,71,72)(H,73,74)(H,75,76)(H,88,89)/t31-,32-,33-,34-,35-,36-,37-,38-,39-,40-,44-,45-/m0/s1. The molecule has 500 valence electrons. The monoisotopic (exact) mass is 1260 g/mol. The maximum Gasteiger partial charge on any atom is 0.326 e. The number of aliphatic carboxylic acids is 4. The van der Waals surface area contributed by atoms with Crippen LogP contribution in [-0.4, -0.2) is 218 Å². The lowest BCUT2D eigenvalue weighted by Gasteiger charge is -2.33. The molecule has 0 spiro atoms. The number of carbonyl (C=O) groups is 15. The maximum absolute atomic E-state index is 14.6. The number of carbonyl (C=O) groups excluding carboxylic acids is 11. The fourth-order valence-electron chi connectivity index (χ4n) is 10.5. The first-order valence-corrected chi connectivity index (χ1v) is 30.4. The van der Waals surface area contributed by atoms with Gasteiger partial charge in [-0.15, -0.1) is 0 Å². The van der Waals surface area contributed by atoms with Crippen LogP contribution in [0.5, 0.6) is 0 Å². The molecule has 32 nitrogen and oxygen atoms in total. The average molecular weight is 1260 g/mol. The van der Waals surface area contributed by atoms with Gasteiger partial charge in [0, 0.05) is 25.9 Å². The largest absolute Gasteiger partial charge is 0.481 e. The molecule has 89 heavy (non-hydrogen) atoms. The van der Waals surface area contributed by atoms with Crippen LogP contribution in [0.1, 0.15) is 152 Å². The van der Waals surface area contributed by atoms with Gasteiger partial charge < -0.3 is 89.1 Å². The highest BCUT2D eigenvalue weighted by atomic mass is 16.4. The number of likely N-dealkylation sites (tertiary alicyclic amines) is 2. The fraction of sp³-hybridized carbons (Fsp3) is 0.737. The van der Waals surface area contributed by atoms with E-state index in [9.17, 15) is 87.2 Å². The molecule has 32 heteroatoms. The Morgan fingerprint density at radius 2 is 0.944 bits per heavy atom. The zero-order valence-corrected chi connectivity index (χ0v) is 52.0. The quantitative estimate of drug-likeness (QED) is 0.0274. The molecular formula is C57H93N13O19. The van der Waals surface area contributed by atoms with Crippen LogP contribution in [0.2, 0.25) is 0 Å². The molecule has 0 unspecified atom stereocenters. The average Bonchev–Trinajstić information content (AvgIpc) is 3.63. The minimum absolute atomic E-state index is 0.0310. The topological polar surface area (TPSA) is 490 Å². The molecule has 3 saturated heterocycles. The first kappa shape index (κ1) is 75.2. The van der Waals surface area contributed by atoms with Crippen LogP contribution in [0.4, 0.5) is 0 Å². The molecular weight excluding hydrogens is 1170 g/mol. The third-order valence-electron chi connectivity index (χ3n) is 15.5. The highest BCUT2D eigenvalue weighted by Gasteiger charge is 2.44. The van der Waals surface area contributed by atoms with Crippen LogP contribution in [0.25, 0.3) is 0 Å². The molecule has 3 heterocycles. The van der Waals surface area contributed by atoms with Crippen molar-refractivity contribution in [2.24, 2.45) is 23.5 Å². The Balaban J connectivity index is 1.78. The van der Waals surface area contributed by atoms with Crippen molar-refractivity contribution in [1.82, 2.24) is 63.0 Å². The van der Waals surface area contributed by atoms with E-state index in [1.165, 1.54) is 23.6 Å². The van der Waals surface area contributed by atoms with Crippen LogP contribution in [0.15, 0.2) is 0 Å². The predicted octanol–water partition coefficient (Wildman–Crippen LogP) is -3.10. The molecule has 0 aromatic rings. The molecule has 11 amide bonds. The summed E-state index contributed by atoms with van der Waals surface area (Å²) in [6, 6.07) is -15.5. The predicted molar refractivity (Wildman–Crippen MR) is 315 cm³/mol. The number of carboxylic acid groups (broad SMARTS) is 4. The summed E-state index contributed by atoms with van der Waals surface area (Å²) in [6.07, 6.45) is -0.289. The smallest absolute Gasteiger partial charge is 0.326 e. The van der Waals surface area contributed by atoms with Crippen LogP contribution >= 0.6 is 0 Å². The van der Waals surface area contributed by atoms with E-state index in [0.29, 0.717) is 32.2 Å². The van der Waals surface area contributed by atoms with Gasteiger partial charge >= 0.3 is 23.9 Å². The number of nitrogens with two attached hydrogens (primary N) is 1. The minimum Gasteiger partial charge on any atom is -0.481 e. The number of hydrogen-bond donors (Lipinski definition) is 15. The van der Waals surface area contributed by atoms with Gasteiger partial charge in [0.15, 0.2) is 0 Å². The van der Waals surface area contributed by atoms with E-state index in [4.69, 9.17) is 10.8 Å². The number of hydrogen-bond acceptors (Lipinski definition) is 17. The zero-order chi connectivity index (χ0) is 67.0. The summed E-state index contributed by atoms with van der Waals surface area (Å²) >= 11 is 0. The zero-order valence-electron chi connectivity index (χ0n) is 52.0. The number of unbranched alkanes of at least 4 members (excludes halogenated alkanes) is 1. The summed E-state index contributed by atoms with van der Waals surface area (Å²) in [5, 5.41) is 63.3. The number of nitrogens with one attached hydrogen (secondary N) is 10. The van der Waals surface area contributed by atoms with Crippen molar-refractivity contribution >= 4 is 88.9 Å². The SMILES string of the molecule is CC(C)C[C@H](NC(=O)[C@@H]1CCCN1C(=O)[C@@H](NC(=O)[C@@H]1CCCN1C(=O)[C@H](CCC(=O)O)NC(=O)[C@H](C)NC(=O)[C@H](C)NC(=O)[C@@H]1CCCN1)C(C)C)C(=O)N[C@H](C(=O)N[C@@H](CCCCN)C(=O)N[C@@H](CCC(=O)O)C(=O)N[C@@H](CC(=O)O)C(=O)O)C(C)C. The summed E-state index contributed by atoms with van der Waals surface area (Å²) in [7, 11) is 0. The van der Waals surface area contributed by atoms with E-state index in [0.717, 1.165) is 6.42 Å². The van der Waals surface area contributed by atoms with Gasteiger partial charge in [-0.2, -0.15) is 0 Å². The summed E-state index contributed by atoms with van der Waals surface area (Å²) in [5.74, 6) is -16.1. The van der Waals surface area contributed by atoms with Gasteiger partial charge in [-0.05, 0) is 122 Å². The van der Waals surface area contributed by atoms with Crippen LogP contribution < -0.4 is 58.9 Å². The Morgan fingerprint density at radius 3 is 1.45 bits per heavy atom. The molecule has 12 atom stereocenters. The lowest BCUT2D eigenvalue weighted by molar-refractivity contribution is -0.147. The van der Waals surface area contributed by atoms with Crippen LogP contribution in [0, 0.1) is 17.8 Å². The van der Waals surface area contributed by atoms with Crippen molar-refractivity contribution in [3.8, 4) is 0 Å². The van der Waals surface area contributed by atoms with Crippen molar-refractivity contribution in [1.29, 1.82) is 0 Å². The lowest BCUT2D eigenvalue weighted by atomic mass is 9.98. The summed E-state index contributed by atoms with van der Waals surface area (Å²) in [5.41, 5.74) is 5.69. The second kappa shape index (κ2) is 36.5. The van der Waals surface area contributed by atoms with Gasteiger partial charge in [0.1, 0.15) is 66.5 Å². The Hall–Kier alpha value is -8.03. The van der Waals surface area contributed by atoms with E-state index in [1.807, 2.05) is 5.32 Å². The Bertz CT molecular complexity index is 2560. The van der Waals surface area contributed by atoms with E-state index in [2.05, 4.69) is 47.9 Å². The number of rotatable bonds is 37. The summed E-state index contributed by atoms with van der Waals surface area (Å²) in [6.45, 7) is 13.8. The Morgan fingerprint density at radius 1 is 0.461 bits per heavy atom. The van der Waals surface area contributed by atoms with Gasteiger partial charge in [0.2, 0.25) is 65.0 Å². The molecule has 3 aliphatic heterocycles. The van der Waals surface area contributed by atoms with Crippen LogP contribution in [0.3, 0.4) is 0 Å². The second-order valence-electron chi connectivity index (χ2n) is 24.0. The van der Waals surface area contributed by atoms with Gasteiger partial charge in [-0.25, -0.2) is 4.79 Å². The second-order valence-corrected chi connectivity index (χ2v) is 24.0. The molecule has 0 saturated carbocycles. The van der Waals surface area contributed by atoms with E-state index < -0.39 is 193 Å². The molecule has 3 aliphatic rings. The van der Waals surface area contributed by atoms with Gasteiger partial charge in [-0.3, -0.25) is 67.1 Å². The first-order chi connectivity index (χ1) is 41.8. The van der Waals surface area contributed by atoms with E-state index in [1.54, 1.807) is 41.5 Å². The van der Waals surface area contributed by atoms with E-state index in [-0.39, 0.29) is 70.0 Å². The number of amides is 11.